The summed E-state index contributed by atoms with van der Waals surface area (Å²) >= 11 is 0. The van der Waals surface area contributed by atoms with Crippen LogP contribution in [0.2, 0.25) is 0 Å². The maximum absolute atomic E-state index is 11.7. The molecule has 0 spiro atoms. The largest absolute Gasteiger partial charge is 0.344 e. The van der Waals surface area contributed by atoms with Gasteiger partial charge in [-0.05, 0) is 6.42 Å². The second kappa shape index (κ2) is 2.71. The Morgan fingerprint density at radius 2 is 2.07 bits per heavy atom. The van der Waals surface area contributed by atoms with Crippen LogP contribution in [0.25, 0.3) is 10.8 Å². The van der Waals surface area contributed by atoms with Gasteiger partial charge in [0.25, 0.3) is 0 Å². The molecule has 1 aliphatic rings. The average Bonchev–Trinajstić information content (AvgIpc) is 2.57. The number of Topliss-reactive ketones (excluding diaryl/α,β-unsaturated/α-hetero) is 1. The number of nitrogens with zero attached hydrogens (tertiary/aromatic N) is 1. The number of hydrogen-bond donors (Lipinski definition) is 0. The molecule has 0 amide bonds. The third kappa shape index (κ3) is 0.939. The summed E-state index contributed by atoms with van der Waals surface area (Å²) in [4.78, 5) is 11.7. The molecule has 3 rings (SSSR count). The summed E-state index contributed by atoms with van der Waals surface area (Å²) in [5.41, 5.74) is 0.909. The van der Waals surface area contributed by atoms with E-state index >= 15 is 0 Å². The van der Waals surface area contributed by atoms with Crippen LogP contribution in [0.1, 0.15) is 23.3 Å². The predicted octanol–water partition coefficient (Wildman–Crippen LogP) is 2.62. The molecule has 1 aromatic heterocycles. The molecule has 70 valence electrons. The van der Waals surface area contributed by atoms with Gasteiger partial charge in [0, 0.05) is 29.9 Å². The van der Waals surface area contributed by atoms with E-state index in [1.165, 1.54) is 5.39 Å². The van der Waals surface area contributed by atoms with Crippen molar-refractivity contribution in [2.45, 2.75) is 19.4 Å². The van der Waals surface area contributed by atoms with Crippen molar-refractivity contribution < 1.29 is 4.79 Å². The second-order valence-corrected chi connectivity index (χ2v) is 3.79. The van der Waals surface area contributed by atoms with Crippen LogP contribution in [0.4, 0.5) is 0 Å². The van der Waals surface area contributed by atoms with Gasteiger partial charge in [-0.1, -0.05) is 24.3 Å². The van der Waals surface area contributed by atoms with Crippen molar-refractivity contribution in [2.75, 3.05) is 0 Å². The van der Waals surface area contributed by atoms with Gasteiger partial charge in [0.05, 0.1) is 5.69 Å². The van der Waals surface area contributed by atoms with Crippen molar-refractivity contribution >= 4 is 16.6 Å². The summed E-state index contributed by atoms with van der Waals surface area (Å²) in [5.74, 6) is 0.289. The third-order valence-corrected chi connectivity index (χ3v) is 2.87. The van der Waals surface area contributed by atoms with Crippen LogP contribution in [0, 0.1) is 0 Å². The van der Waals surface area contributed by atoms with Gasteiger partial charge < -0.3 is 4.57 Å². The predicted molar refractivity (Wildman–Crippen MR) is 55.5 cm³/mol. The molecule has 0 saturated heterocycles. The van der Waals surface area contributed by atoms with Crippen molar-refractivity contribution in [3.8, 4) is 0 Å². The van der Waals surface area contributed by atoms with Crippen molar-refractivity contribution in [1.29, 1.82) is 0 Å². The van der Waals surface area contributed by atoms with E-state index in [2.05, 4.69) is 16.8 Å². The highest BCUT2D eigenvalue weighted by molar-refractivity contribution is 6.07. The molecule has 1 aromatic carbocycles. The zero-order valence-corrected chi connectivity index (χ0v) is 7.86. The van der Waals surface area contributed by atoms with Gasteiger partial charge in [-0.2, -0.15) is 0 Å². The quantitative estimate of drug-likeness (QED) is 0.618. The van der Waals surface area contributed by atoms with Crippen molar-refractivity contribution in [3.63, 3.8) is 0 Å². The zero-order valence-electron chi connectivity index (χ0n) is 7.86. The van der Waals surface area contributed by atoms with E-state index in [0.717, 1.165) is 24.0 Å². The van der Waals surface area contributed by atoms with Gasteiger partial charge in [-0.15, -0.1) is 0 Å². The lowest BCUT2D eigenvalue weighted by Crippen LogP contribution is -2.15. The van der Waals surface area contributed by atoms with E-state index in [1.54, 1.807) is 0 Å². The van der Waals surface area contributed by atoms with E-state index in [0.29, 0.717) is 6.42 Å². The Balaban J connectivity index is 2.39. The highest BCUT2D eigenvalue weighted by Crippen LogP contribution is 2.26. The molecule has 14 heavy (non-hydrogen) atoms. The first kappa shape index (κ1) is 7.80. The van der Waals surface area contributed by atoms with Gasteiger partial charge in [0.15, 0.2) is 5.78 Å². The van der Waals surface area contributed by atoms with Crippen LogP contribution in [-0.2, 0) is 6.54 Å². The number of hydrogen-bond acceptors (Lipinski definition) is 1. The molecule has 0 saturated carbocycles. The number of fused-ring (bicyclic) bond motifs is 3. The lowest BCUT2D eigenvalue weighted by Gasteiger charge is -2.13. The fourth-order valence-electron chi connectivity index (χ4n) is 2.23. The first-order valence-corrected chi connectivity index (χ1v) is 4.97. The topological polar surface area (TPSA) is 22.0 Å². The maximum atomic E-state index is 11.7. The van der Waals surface area contributed by atoms with Crippen LogP contribution >= 0.6 is 0 Å². The molecule has 2 heterocycles. The van der Waals surface area contributed by atoms with Gasteiger partial charge in [0.1, 0.15) is 0 Å². The number of benzene rings is 1. The fourth-order valence-corrected chi connectivity index (χ4v) is 2.23. The summed E-state index contributed by atoms with van der Waals surface area (Å²) in [6.45, 7) is 0.982. The van der Waals surface area contributed by atoms with E-state index in [-0.39, 0.29) is 5.78 Å². The highest BCUT2D eigenvalue weighted by atomic mass is 16.1. The van der Waals surface area contributed by atoms with Crippen molar-refractivity contribution in [2.24, 2.45) is 0 Å². The number of carbonyl (C=O) groups excluding carboxylic acids is 1. The maximum Gasteiger partial charge on any atom is 0.179 e. The molecule has 1 aliphatic heterocycles. The molecule has 0 bridgehead atoms. The Hall–Kier alpha value is -1.57. The minimum absolute atomic E-state index is 0.289. The Bertz CT molecular complexity index is 510. The summed E-state index contributed by atoms with van der Waals surface area (Å²) in [6.07, 6.45) is 3.77. The molecule has 2 heteroatoms. The van der Waals surface area contributed by atoms with Crippen molar-refractivity contribution in [1.82, 2.24) is 4.57 Å². The van der Waals surface area contributed by atoms with Crippen LogP contribution in [-0.4, -0.2) is 10.4 Å². The van der Waals surface area contributed by atoms with Crippen LogP contribution < -0.4 is 0 Å². The lowest BCUT2D eigenvalue weighted by molar-refractivity contribution is 0.0957. The van der Waals surface area contributed by atoms with E-state index in [1.807, 2.05) is 18.2 Å². The van der Waals surface area contributed by atoms with E-state index < -0.39 is 0 Å². The molecular formula is C12H11NO. The smallest absolute Gasteiger partial charge is 0.179 e. The van der Waals surface area contributed by atoms with Gasteiger partial charge in [-0.25, -0.2) is 0 Å². The first-order chi connectivity index (χ1) is 6.86. The standard InChI is InChI=1S/C12H11NO/c14-11-6-3-7-13-8-9-4-1-2-5-10(9)12(11)13/h1-2,4-5,8H,3,6-7H2. The Kier molecular flexibility index (Phi) is 1.51. The summed E-state index contributed by atoms with van der Waals surface area (Å²) in [6, 6.07) is 8.10. The SMILES string of the molecule is O=C1CCCn2cc3ccccc3c21. The summed E-state index contributed by atoms with van der Waals surface area (Å²) < 4.78 is 2.09. The Morgan fingerprint density at radius 1 is 1.21 bits per heavy atom. The van der Waals surface area contributed by atoms with Gasteiger partial charge in [-0.3, -0.25) is 4.79 Å². The monoisotopic (exact) mass is 185 g/mol. The number of aryl methyl sites for hydroxylation is 1. The van der Waals surface area contributed by atoms with Crippen LogP contribution in [0.3, 0.4) is 0 Å². The molecule has 2 aromatic rings. The Labute approximate surface area is 82.1 Å². The number of rotatable bonds is 0. The molecule has 0 radical (unpaired) electrons. The molecule has 0 aliphatic carbocycles. The number of carbonyl (C=O) groups is 1. The fraction of sp³-hybridized carbons (Fsp3) is 0.250. The lowest BCUT2D eigenvalue weighted by atomic mass is 10.1. The van der Waals surface area contributed by atoms with E-state index in [9.17, 15) is 4.79 Å². The van der Waals surface area contributed by atoms with Gasteiger partial charge >= 0.3 is 0 Å². The first-order valence-electron chi connectivity index (χ1n) is 4.97. The normalized spacial score (nSPS) is 15.9. The second-order valence-electron chi connectivity index (χ2n) is 3.79. The number of ketones is 1. The van der Waals surface area contributed by atoms with Crippen LogP contribution in [0.5, 0.6) is 0 Å². The molecule has 0 unspecified atom stereocenters. The summed E-state index contributed by atoms with van der Waals surface area (Å²) in [5, 5.41) is 2.29. The van der Waals surface area contributed by atoms with E-state index in [4.69, 9.17) is 0 Å². The molecule has 2 nitrogen and oxygen atoms in total. The molecule has 0 atom stereocenters. The van der Waals surface area contributed by atoms with Crippen LogP contribution in [0.15, 0.2) is 30.5 Å². The minimum atomic E-state index is 0.289. The molecule has 0 fully saturated rings. The van der Waals surface area contributed by atoms with Gasteiger partial charge in [0.2, 0.25) is 0 Å². The molecular weight excluding hydrogens is 174 g/mol. The summed E-state index contributed by atoms with van der Waals surface area (Å²) in [7, 11) is 0. The Morgan fingerprint density at radius 3 is 3.00 bits per heavy atom. The highest BCUT2D eigenvalue weighted by Gasteiger charge is 2.19. The number of aromatic nitrogens is 1. The zero-order chi connectivity index (χ0) is 9.54. The molecule has 0 N–H and O–H groups in total. The third-order valence-electron chi connectivity index (χ3n) is 2.87. The van der Waals surface area contributed by atoms with Crippen molar-refractivity contribution in [3.05, 3.63) is 36.2 Å². The average molecular weight is 185 g/mol. The minimum Gasteiger partial charge on any atom is -0.344 e.